The summed E-state index contributed by atoms with van der Waals surface area (Å²) in [5.41, 5.74) is 3.68. The number of nitrogens with zero attached hydrogens (tertiary/aromatic N) is 1. The number of fused-ring (bicyclic) bond motifs is 4. The molecular weight excluding hydrogens is 410 g/mol. The monoisotopic (exact) mass is 433 g/mol. The molecule has 0 aliphatic heterocycles. The molecule has 2 N–H and O–H groups in total. The molecular formula is C24H23N3O5. The first-order valence-corrected chi connectivity index (χ1v) is 10.3. The van der Waals surface area contributed by atoms with Crippen molar-refractivity contribution in [3.63, 3.8) is 0 Å². The number of hydrogen-bond donors (Lipinski definition) is 2. The van der Waals surface area contributed by atoms with Crippen molar-refractivity contribution >= 4 is 33.1 Å². The fraction of sp³-hybridized carbons (Fsp3) is 0.250. The molecule has 3 aromatic heterocycles. The van der Waals surface area contributed by atoms with Crippen molar-refractivity contribution in [1.82, 2.24) is 14.8 Å². The summed E-state index contributed by atoms with van der Waals surface area (Å²) in [4.78, 5) is 28.8. The van der Waals surface area contributed by atoms with Crippen LogP contribution in [0.3, 0.4) is 0 Å². The van der Waals surface area contributed by atoms with Gasteiger partial charge in [-0.2, -0.15) is 0 Å². The van der Waals surface area contributed by atoms with Crippen LogP contribution in [0.5, 0.6) is 11.5 Å². The van der Waals surface area contributed by atoms with E-state index in [0.29, 0.717) is 55.9 Å². The molecule has 0 saturated carbocycles. The van der Waals surface area contributed by atoms with Crippen LogP contribution in [0.2, 0.25) is 0 Å². The summed E-state index contributed by atoms with van der Waals surface area (Å²) in [6.45, 7) is 5.71. The predicted molar refractivity (Wildman–Crippen MR) is 124 cm³/mol. The van der Waals surface area contributed by atoms with Crippen LogP contribution in [-0.4, -0.2) is 29.0 Å². The molecule has 0 radical (unpaired) electrons. The van der Waals surface area contributed by atoms with Crippen molar-refractivity contribution in [3.8, 4) is 22.6 Å². The Hall–Kier alpha value is -3.94. The SMILES string of the molecule is COc1ccc(OC)c(-c2c3oc4c(C)c(=O)ccc4c3[nH]c3c2c(=O)[nH]n3C(C)C)c1. The highest BCUT2D eigenvalue weighted by Crippen LogP contribution is 2.43. The summed E-state index contributed by atoms with van der Waals surface area (Å²) in [6, 6.07) is 8.68. The maximum Gasteiger partial charge on any atom is 0.274 e. The number of benzene rings is 2. The van der Waals surface area contributed by atoms with Crippen molar-refractivity contribution in [3.05, 3.63) is 56.5 Å². The standard InChI is InChI=1S/C24H23N3O5/c1-11(2)27-23-19(24(29)26-27)18(15-10-13(30-4)6-9-17(15)31-5)22-20(25-23)14-7-8-16(28)12(3)21(14)32-22/h6-11,25H,1-5H3,(H,26,29). The number of furan rings is 1. The third kappa shape index (κ3) is 2.69. The van der Waals surface area contributed by atoms with Gasteiger partial charge in [0.15, 0.2) is 11.0 Å². The lowest BCUT2D eigenvalue weighted by atomic mass is 10.00. The molecule has 5 rings (SSSR count). The van der Waals surface area contributed by atoms with E-state index >= 15 is 0 Å². The molecule has 32 heavy (non-hydrogen) atoms. The number of rotatable bonds is 4. The van der Waals surface area contributed by atoms with Crippen LogP contribution in [0.25, 0.3) is 44.2 Å². The minimum absolute atomic E-state index is 0.00195. The van der Waals surface area contributed by atoms with Crippen LogP contribution < -0.4 is 20.5 Å². The summed E-state index contributed by atoms with van der Waals surface area (Å²) < 4.78 is 19.1. The van der Waals surface area contributed by atoms with Gasteiger partial charge in [0.1, 0.15) is 22.7 Å². The third-order valence-corrected chi connectivity index (χ3v) is 5.90. The van der Waals surface area contributed by atoms with E-state index in [2.05, 4.69) is 10.1 Å². The normalized spacial score (nSPS) is 11.8. The van der Waals surface area contributed by atoms with Crippen molar-refractivity contribution in [1.29, 1.82) is 0 Å². The molecule has 164 valence electrons. The second-order valence-corrected chi connectivity index (χ2v) is 8.07. The first-order valence-electron chi connectivity index (χ1n) is 10.3. The van der Waals surface area contributed by atoms with E-state index < -0.39 is 0 Å². The molecule has 0 spiro atoms. The van der Waals surface area contributed by atoms with E-state index in [1.807, 2.05) is 19.9 Å². The van der Waals surface area contributed by atoms with Crippen LogP contribution in [0.15, 0.2) is 44.3 Å². The molecule has 0 unspecified atom stereocenters. The van der Waals surface area contributed by atoms with Crippen LogP contribution in [-0.2, 0) is 0 Å². The number of H-pyrrole nitrogens is 2. The molecule has 3 heterocycles. The second-order valence-electron chi connectivity index (χ2n) is 8.07. The Morgan fingerprint density at radius 3 is 2.50 bits per heavy atom. The van der Waals surface area contributed by atoms with Crippen molar-refractivity contribution in [2.24, 2.45) is 0 Å². The maximum atomic E-state index is 13.2. The molecule has 8 heteroatoms. The topological polar surface area (TPSA) is 102 Å². The number of pyridine rings is 1. The largest absolute Gasteiger partial charge is 0.497 e. The average molecular weight is 433 g/mol. The highest BCUT2D eigenvalue weighted by molar-refractivity contribution is 6.15. The Bertz CT molecular complexity index is 1630. The Labute approximate surface area is 182 Å². The van der Waals surface area contributed by atoms with Gasteiger partial charge in [0.2, 0.25) is 0 Å². The quantitative estimate of drug-likeness (QED) is 0.435. The molecule has 0 saturated heterocycles. The minimum Gasteiger partial charge on any atom is -0.497 e. The maximum absolute atomic E-state index is 13.2. The van der Waals surface area contributed by atoms with E-state index in [0.717, 1.165) is 5.39 Å². The minimum atomic E-state index is -0.256. The third-order valence-electron chi connectivity index (χ3n) is 5.90. The molecule has 0 bridgehead atoms. The smallest absolute Gasteiger partial charge is 0.274 e. The summed E-state index contributed by atoms with van der Waals surface area (Å²) in [5.74, 6) is 1.18. The fourth-order valence-corrected chi connectivity index (χ4v) is 4.27. The highest BCUT2D eigenvalue weighted by Gasteiger charge is 2.25. The van der Waals surface area contributed by atoms with E-state index in [9.17, 15) is 9.59 Å². The van der Waals surface area contributed by atoms with Crippen molar-refractivity contribution in [2.75, 3.05) is 14.2 Å². The zero-order valence-electron chi connectivity index (χ0n) is 18.5. The van der Waals surface area contributed by atoms with Gasteiger partial charge in [-0.05, 0) is 51.1 Å². The van der Waals surface area contributed by atoms with Gasteiger partial charge in [-0.1, -0.05) is 0 Å². The number of aryl methyl sites for hydroxylation is 1. The van der Waals surface area contributed by atoms with E-state index in [-0.39, 0.29) is 17.0 Å². The van der Waals surface area contributed by atoms with Gasteiger partial charge in [0.05, 0.1) is 25.1 Å². The zero-order chi connectivity index (χ0) is 22.7. The van der Waals surface area contributed by atoms with Crippen molar-refractivity contribution < 1.29 is 13.9 Å². The van der Waals surface area contributed by atoms with Crippen LogP contribution in [0.4, 0.5) is 0 Å². The molecule has 0 aliphatic rings. The molecule has 5 aromatic rings. The van der Waals surface area contributed by atoms with Gasteiger partial charge in [-0.3, -0.25) is 19.4 Å². The van der Waals surface area contributed by atoms with Gasteiger partial charge in [-0.25, -0.2) is 0 Å². The number of ether oxygens (including phenoxy) is 2. The summed E-state index contributed by atoms with van der Waals surface area (Å²) in [5, 5.41) is 4.14. The Morgan fingerprint density at radius 2 is 1.81 bits per heavy atom. The van der Waals surface area contributed by atoms with Crippen LogP contribution in [0.1, 0.15) is 25.5 Å². The molecule has 0 amide bonds. The number of aromatic nitrogens is 3. The molecule has 0 aliphatic carbocycles. The summed E-state index contributed by atoms with van der Waals surface area (Å²) in [7, 11) is 3.16. The van der Waals surface area contributed by atoms with Gasteiger partial charge in [0, 0.05) is 28.1 Å². The van der Waals surface area contributed by atoms with Gasteiger partial charge < -0.3 is 18.9 Å². The molecule has 8 nitrogen and oxygen atoms in total. The first-order chi connectivity index (χ1) is 15.3. The van der Waals surface area contributed by atoms with E-state index in [1.54, 1.807) is 44.0 Å². The molecule has 2 aromatic carbocycles. The first kappa shape index (κ1) is 20.0. The van der Waals surface area contributed by atoms with Gasteiger partial charge in [0.25, 0.3) is 5.56 Å². The number of methoxy groups -OCH3 is 2. The van der Waals surface area contributed by atoms with Gasteiger partial charge in [-0.15, -0.1) is 0 Å². The number of aromatic amines is 2. The number of nitrogens with one attached hydrogen (secondary N) is 2. The lowest BCUT2D eigenvalue weighted by molar-refractivity contribution is 0.404. The highest BCUT2D eigenvalue weighted by atomic mass is 16.5. The average Bonchev–Trinajstić information content (AvgIpc) is 3.32. The van der Waals surface area contributed by atoms with E-state index in [1.165, 1.54) is 6.07 Å². The van der Waals surface area contributed by atoms with Crippen molar-refractivity contribution in [2.45, 2.75) is 26.8 Å². The Morgan fingerprint density at radius 1 is 1.03 bits per heavy atom. The Kier molecular flexibility index (Phi) is 4.40. The zero-order valence-corrected chi connectivity index (χ0v) is 18.5. The Balaban J connectivity index is 2.08. The lowest BCUT2D eigenvalue weighted by Gasteiger charge is -2.13. The second kappa shape index (κ2) is 7.05. The summed E-state index contributed by atoms with van der Waals surface area (Å²) >= 11 is 0. The van der Waals surface area contributed by atoms with E-state index in [4.69, 9.17) is 13.9 Å². The van der Waals surface area contributed by atoms with Crippen LogP contribution in [0, 0.1) is 6.92 Å². The molecule has 0 fully saturated rings. The lowest BCUT2D eigenvalue weighted by Crippen LogP contribution is -2.07. The molecule has 0 atom stereocenters. The number of hydrogen-bond acceptors (Lipinski definition) is 5. The summed E-state index contributed by atoms with van der Waals surface area (Å²) in [6.07, 6.45) is 0. The van der Waals surface area contributed by atoms with Crippen LogP contribution >= 0.6 is 0 Å². The van der Waals surface area contributed by atoms with Gasteiger partial charge >= 0.3 is 0 Å². The fourth-order valence-electron chi connectivity index (χ4n) is 4.27. The predicted octanol–water partition coefficient (Wildman–Crippen LogP) is 4.49.